The van der Waals surface area contributed by atoms with Crippen LogP contribution in [0.5, 0.6) is 0 Å². The summed E-state index contributed by atoms with van der Waals surface area (Å²) in [6.45, 7) is 3.21. The quantitative estimate of drug-likeness (QED) is 0.857. The molecule has 1 heterocycles. The average molecular weight is 307 g/mol. The van der Waals surface area contributed by atoms with Gasteiger partial charge in [-0.2, -0.15) is 0 Å². The highest BCUT2D eigenvalue weighted by Crippen LogP contribution is 2.24. The van der Waals surface area contributed by atoms with Gasteiger partial charge in [0, 0.05) is 35.4 Å². The Hall–Kier alpha value is -1.85. The fourth-order valence-electron chi connectivity index (χ4n) is 2.05. The maximum absolute atomic E-state index is 11.1. The zero-order valence-electron chi connectivity index (χ0n) is 12.1. The Morgan fingerprint density at radius 2 is 2.24 bits per heavy atom. The number of benzene rings is 1. The second-order valence-corrected chi connectivity index (χ2v) is 5.44. The summed E-state index contributed by atoms with van der Waals surface area (Å²) < 4.78 is 0. The molecule has 0 saturated heterocycles. The first-order chi connectivity index (χ1) is 9.99. The highest BCUT2D eigenvalue weighted by Gasteiger charge is 2.13. The van der Waals surface area contributed by atoms with E-state index in [0.29, 0.717) is 18.1 Å². The number of anilines is 1. The number of halogens is 1. The third-order valence-electron chi connectivity index (χ3n) is 3.56. The predicted molar refractivity (Wildman–Crippen MR) is 86.5 cm³/mol. The first kappa shape index (κ1) is 15.5. The van der Waals surface area contributed by atoms with Gasteiger partial charge in [-0.25, -0.2) is 0 Å². The molecule has 0 aliphatic rings. The van der Waals surface area contributed by atoms with E-state index in [4.69, 9.17) is 17.3 Å². The number of nitrogens with two attached hydrogens (primary N) is 1. The number of amides is 1. The van der Waals surface area contributed by atoms with E-state index in [1.807, 2.05) is 36.2 Å². The number of pyridine rings is 1. The zero-order valence-corrected chi connectivity index (χ0v) is 12.9. The Bertz CT molecular complexity index is 647. The van der Waals surface area contributed by atoms with Crippen molar-refractivity contribution in [1.82, 2.24) is 9.88 Å². The van der Waals surface area contributed by atoms with Crippen LogP contribution in [-0.4, -0.2) is 42.0 Å². The maximum Gasteiger partial charge on any atom is 0.234 e. The molecule has 21 heavy (non-hydrogen) atoms. The van der Waals surface area contributed by atoms with Crippen molar-refractivity contribution < 1.29 is 4.79 Å². The van der Waals surface area contributed by atoms with Gasteiger partial charge in [-0.3, -0.25) is 14.7 Å². The minimum absolute atomic E-state index is 0.278. The molecule has 0 radical (unpaired) electrons. The highest BCUT2D eigenvalue weighted by molar-refractivity contribution is 6.31. The van der Waals surface area contributed by atoms with Crippen molar-refractivity contribution in [3.63, 3.8) is 0 Å². The van der Waals surface area contributed by atoms with Crippen LogP contribution in [0.25, 0.3) is 10.9 Å². The molecule has 2 aromatic rings. The zero-order chi connectivity index (χ0) is 15.4. The summed E-state index contributed by atoms with van der Waals surface area (Å²) in [6.07, 6.45) is 1.75. The van der Waals surface area contributed by atoms with Gasteiger partial charge in [-0.15, -0.1) is 0 Å². The first-order valence-electron chi connectivity index (χ1n) is 6.76. The molecule has 0 unspecified atom stereocenters. The molecule has 1 amide bonds. The van der Waals surface area contributed by atoms with Crippen molar-refractivity contribution >= 4 is 34.1 Å². The van der Waals surface area contributed by atoms with Gasteiger partial charge in [-0.05, 0) is 38.2 Å². The predicted octanol–water partition coefficient (Wildman–Crippen LogP) is 2.11. The second kappa shape index (κ2) is 6.74. The Labute approximate surface area is 129 Å². The fraction of sp³-hybridized carbons (Fsp3) is 0.333. The molecular formula is C15H19ClN4O. The number of carbonyl (C=O) groups excluding carboxylic acids is 1. The highest BCUT2D eigenvalue weighted by atomic mass is 35.5. The number of hydrogen-bond donors (Lipinski definition) is 2. The molecule has 0 fully saturated rings. The first-order valence-corrected chi connectivity index (χ1v) is 7.14. The SMILES string of the molecule is C[C@@H](C(N)=O)N(C)CCNc1ccnc2cc(Cl)ccc12. The Kier molecular flexibility index (Phi) is 4.98. The minimum Gasteiger partial charge on any atom is -0.383 e. The van der Waals surface area contributed by atoms with E-state index in [1.54, 1.807) is 13.1 Å². The summed E-state index contributed by atoms with van der Waals surface area (Å²) in [6, 6.07) is 7.28. The minimum atomic E-state index is -0.318. The lowest BCUT2D eigenvalue weighted by Crippen LogP contribution is -2.42. The van der Waals surface area contributed by atoms with Gasteiger partial charge in [0.05, 0.1) is 11.6 Å². The number of fused-ring (bicyclic) bond motifs is 1. The van der Waals surface area contributed by atoms with Crippen molar-refractivity contribution in [2.24, 2.45) is 5.73 Å². The normalized spacial score (nSPS) is 12.6. The van der Waals surface area contributed by atoms with Gasteiger partial charge < -0.3 is 11.1 Å². The number of aromatic nitrogens is 1. The van der Waals surface area contributed by atoms with Crippen LogP contribution >= 0.6 is 11.6 Å². The molecule has 1 atom stereocenters. The van der Waals surface area contributed by atoms with Crippen molar-refractivity contribution in [2.75, 3.05) is 25.5 Å². The van der Waals surface area contributed by atoms with E-state index in [-0.39, 0.29) is 11.9 Å². The smallest absolute Gasteiger partial charge is 0.234 e. The van der Waals surface area contributed by atoms with Gasteiger partial charge in [0.2, 0.25) is 5.91 Å². The van der Waals surface area contributed by atoms with Crippen LogP contribution in [0, 0.1) is 0 Å². The molecule has 2 rings (SSSR count). The molecular weight excluding hydrogens is 288 g/mol. The summed E-state index contributed by atoms with van der Waals surface area (Å²) in [5.41, 5.74) is 7.14. The Morgan fingerprint density at radius 3 is 2.95 bits per heavy atom. The number of carbonyl (C=O) groups is 1. The van der Waals surface area contributed by atoms with E-state index in [9.17, 15) is 4.79 Å². The van der Waals surface area contributed by atoms with E-state index < -0.39 is 0 Å². The number of hydrogen-bond acceptors (Lipinski definition) is 4. The monoisotopic (exact) mass is 306 g/mol. The van der Waals surface area contributed by atoms with Crippen LogP contribution in [0.2, 0.25) is 5.02 Å². The van der Waals surface area contributed by atoms with Gasteiger partial charge in [0.25, 0.3) is 0 Å². The van der Waals surface area contributed by atoms with Crippen LogP contribution in [0.15, 0.2) is 30.5 Å². The number of rotatable bonds is 6. The van der Waals surface area contributed by atoms with Gasteiger partial charge >= 0.3 is 0 Å². The lowest BCUT2D eigenvalue weighted by Gasteiger charge is -2.22. The molecule has 0 aliphatic carbocycles. The maximum atomic E-state index is 11.1. The standard InChI is InChI=1S/C15H19ClN4O/c1-10(15(17)21)20(2)8-7-19-13-5-6-18-14-9-11(16)3-4-12(13)14/h3-6,9-10H,7-8H2,1-2H3,(H2,17,21)(H,18,19)/t10-/m0/s1. The van der Waals surface area contributed by atoms with E-state index in [2.05, 4.69) is 10.3 Å². The van der Waals surface area contributed by atoms with Crippen molar-refractivity contribution in [1.29, 1.82) is 0 Å². The number of primary amides is 1. The molecule has 0 saturated carbocycles. The van der Waals surface area contributed by atoms with Gasteiger partial charge in [0.1, 0.15) is 0 Å². The topological polar surface area (TPSA) is 71.2 Å². The number of nitrogens with zero attached hydrogens (tertiary/aromatic N) is 2. The molecule has 6 heteroatoms. The van der Waals surface area contributed by atoms with Gasteiger partial charge in [0.15, 0.2) is 0 Å². The van der Waals surface area contributed by atoms with E-state index in [0.717, 1.165) is 16.6 Å². The summed E-state index contributed by atoms with van der Waals surface area (Å²) in [5, 5.41) is 5.04. The van der Waals surface area contributed by atoms with Crippen molar-refractivity contribution in [3.8, 4) is 0 Å². The average Bonchev–Trinajstić information content (AvgIpc) is 2.45. The van der Waals surface area contributed by atoms with Crippen LogP contribution in [-0.2, 0) is 4.79 Å². The molecule has 0 spiro atoms. The number of likely N-dealkylation sites (N-methyl/N-ethyl adjacent to an activating group) is 1. The van der Waals surface area contributed by atoms with E-state index in [1.165, 1.54) is 0 Å². The van der Waals surface area contributed by atoms with Gasteiger partial charge in [-0.1, -0.05) is 11.6 Å². The van der Waals surface area contributed by atoms with E-state index >= 15 is 0 Å². The Balaban J connectivity index is 2.02. The Morgan fingerprint density at radius 1 is 1.48 bits per heavy atom. The fourth-order valence-corrected chi connectivity index (χ4v) is 2.22. The van der Waals surface area contributed by atoms with Crippen LogP contribution < -0.4 is 11.1 Å². The van der Waals surface area contributed by atoms with Crippen LogP contribution in [0.4, 0.5) is 5.69 Å². The molecule has 0 bridgehead atoms. The largest absolute Gasteiger partial charge is 0.383 e. The summed E-state index contributed by atoms with van der Waals surface area (Å²) in [7, 11) is 1.88. The molecule has 112 valence electrons. The van der Waals surface area contributed by atoms with Crippen molar-refractivity contribution in [3.05, 3.63) is 35.5 Å². The third kappa shape index (κ3) is 3.83. The molecule has 5 nitrogen and oxygen atoms in total. The second-order valence-electron chi connectivity index (χ2n) is 5.01. The summed E-state index contributed by atoms with van der Waals surface area (Å²) in [4.78, 5) is 17.3. The summed E-state index contributed by atoms with van der Waals surface area (Å²) >= 11 is 5.97. The van der Waals surface area contributed by atoms with Crippen LogP contribution in [0.1, 0.15) is 6.92 Å². The molecule has 0 aliphatic heterocycles. The summed E-state index contributed by atoms with van der Waals surface area (Å²) in [5.74, 6) is -0.318. The third-order valence-corrected chi connectivity index (χ3v) is 3.79. The molecule has 1 aromatic carbocycles. The lowest BCUT2D eigenvalue weighted by molar-refractivity contribution is -0.122. The lowest BCUT2D eigenvalue weighted by atomic mass is 10.2. The molecule has 1 aromatic heterocycles. The molecule has 3 N–H and O–H groups in total. The van der Waals surface area contributed by atoms with Crippen LogP contribution in [0.3, 0.4) is 0 Å². The van der Waals surface area contributed by atoms with Crippen molar-refractivity contribution in [2.45, 2.75) is 13.0 Å². The number of nitrogens with one attached hydrogen (secondary N) is 1.